The number of nitrogens with zero attached hydrogens (tertiary/aromatic N) is 3. The molecule has 0 bridgehead atoms. The first-order chi connectivity index (χ1) is 8.20. The Morgan fingerprint density at radius 3 is 3.12 bits per heavy atom. The van der Waals surface area contributed by atoms with Crippen LogP contribution in [0.2, 0.25) is 5.15 Å². The van der Waals surface area contributed by atoms with Gasteiger partial charge >= 0.3 is 0 Å². The lowest BCUT2D eigenvalue weighted by atomic mass is 10.3. The highest BCUT2D eigenvalue weighted by molar-refractivity contribution is 6.33. The number of hydrogen-bond donors (Lipinski definition) is 3. The normalized spacial score (nSPS) is 10.7. The van der Waals surface area contributed by atoms with Gasteiger partial charge in [-0.1, -0.05) is 11.6 Å². The number of H-pyrrole nitrogens is 1. The first kappa shape index (κ1) is 11.7. The Morgan fingerprint density at radius 1 is 1.53 bits per heavy atom. The number of carbonyl (C=O) groups excluding carboxylic acids is 1. The van der Waals surface area contributed by atoms with Crippen LogP contribution in [-0.4, -0.2) is 37.6 Å². The van der Waals surface area contributed by atoms with E-state index in [4.69, 9.17) is 16.7 Å². The molecule has 2 heterocycles. The average Bonchev–Trinajstić information content (AvgIpc) is 2.75. The highest BCUT2D eigenvalue weighted by Crippen LogP contribution is 2.18. The van der Waals surface area contributed by atoms with E-state index in [-0.39, 0.29) is 30.0 Å². The lowest BCUT2D eigenvalue weighted by Gasteiger charge is -2.03. The smallest absolute Gasteiger partial charge is 0.233 e. The zero-order valence-corrected chi connectivity index (χ0v) is 9.53. The monoisotopic (exact) mass is 255 g/mol. The van der Waals surface area contributed by atoms with Crippen LogP contribution < -0.4 is 5.32 Å². The van der Waals surface area contributed by atoms with Gasteiger partial charge in [0, 0.05) is 13.0 Å². The van der Waals surface area contributed by atoms with Crippen LogP contribution in [-0.2, 0) is 4.79 Å². The van der Waals surface area contributed by atoms with Gasteiger partial charge in [0.2, 0.25) is 11.9 Å². The summed E-state index contributed by atoms with van der Waals surface area (Å²) in [7, 11) is 0. The summed E-state index contributed by atoms with van der Waals surface area (Å²) in [5.41, 5.74) is 0.919. The van der Waals surface area contributed by atoms with Crippen LogP contribution in [0, 0.1) is 0 Å². The van der Waals surface area contributed by atoms with Crippen molar-refractivity contribution in [1.29, 1.82) is 0 Å². The molecule has 0 aliphatic rings. The van der Waals surface area contributed by atoms with E-state index in [1.165, 1.54) is 6.33 Å². The summed E-state index contributed by atoms with van der Waals surface area (Å²) in [6, 6.07) is 0. The minimum absolute atomic E-state index is 0.0343. The van der Waals surface area contributed by atoms with Gasteiger partial charge in [-0.25, -0.2) is 4.98 Å². The van der Waals surface area contributed by atoms with Crippen LogP contribution in [0.15, 0.2) is 6.33 Å². The molecule has 0 saturated heterocycles. The van der Waals surface area contributed by atoms with Gasteiger partial charge in [-0.3, -0.25) is 10.1 Å². The number of rotatable bonds is 4. The number of aliphatic hydroxyl groups is 1. The van der Waals surface area contributed by atoms with Crippen molar-refractivity contribution < 1.29 is 9.90 Å². The molecule has 0 saturated carbocycles. The van der Waals surface area contributed by atoms with Gasteiger partial charge in [-0.2, -0.15) is 9.97 Å². The molecule has 2 aromatic heterocycles. The minimum atomic E-state index is -0.273. The summed E-state index contributed by atoms with van der Waals surface area (Å²) in [5.74, 6) is -0.164. The predicted molar refractivity (Wildman–Crippen MR) is 61.6 cm³/mol. The SMILES string of the molecule is O=C(CCCO)Nc1nc(Cl)c2[nH]cnc2n1. The van der Waals surface area contributed by atoms with Crippen molar-refractivity contribution >= 4 is 34.6 Å². The number of fused-ring (bicyclic) bond motifs is 1. The fourth-order valence-electron chi connectivity index (χ4n) is 1.28. The molecule has 2 rings (SSSR count). The second-order valence-corrected chi connectivity index (χ2v) is 3.67. The first-order valence-electron chi connectivity index (χ1n) is 4.98. The Labute approximate surface area is 101 Å². The fourth-order valence-corrected chi connectivity index (χ4v) is 1.50. The highest BCUT2D eigenvalue weighted by Gasteiger charge is 2.10. The van der Waals surface area contributed by atoms with E-state index in [1.54, 1.807) is 0 Å². The van der Waals surface area contributed by atoms with Crippen LogP contribution in [0.5, 0.6) is 0 Å². The number of amides is 1. The molecule has 0 aliphatic heterocycles. The molecule has 7 nitrogen and oxygen atoms in total. The Balaban J connectivity index is 2.16. The zero-order chi connectivity index (χ0) is 12.3. The quantitative estimate of drug-likeness (QED) is 0.699. The zero-order valence-electron chi connectivity index (χ0n) is 8.77. The molecule has 90 valence electrons. The minimum Gasteiger partial charge on any atom is -0.396 e. The van der Waals surface area contributed by atoms with Gasteiger partial charge < -0.3 is 10.1 Å². The molecule has 0 spiro atoms. The second-order valence-electron chi connectivity index (χ2n) is 3.31. The molecule has 3 N–H and O–H groups in total. The molecular weight excluding hydrogens is 246 g/mol. The van der Waals surface area contributed by atoms with E-state index < -0.39 is 0 Å². The van der Waals surface area contributed by atoms with E-state index in [2.05, 4.69) is 25.3 Å². The van der Waals surface area contributed by atoms with E-state index in [0.29, 0.717) is 17.6 Å². The molecule has 0 atom stereocenters. The van der Waals surface area contributed by atoms with E-state index in [1.807, 2.05) is 0 Å². The predicted octanol–water partition coefficient (Wildman–Crippen LogP) is 0.717. The number of aliphatic hydroxyl groups excluding tert-OH is 1. The second kappa shape index (κ2) is 5.07. The fraction of sp³-hybridized carbons (Fsp3) is 0.333. The molecule has 2 aromatic rings. The molecule has 0 aromatic carbocycles. The van der Waals surface area contributed by atoms with Crippen molar-refractivity contribution in [3.8, 4) is 0 Å². The molecule has 0 unspecified atom stereocenters. The highest BCUT2D eigenvalue weighted by atomic mass is 35.5. The van der Waals surface area contributed by atoms with Gasteiger partial charge in [0.25, 0.3) is 0 Å². The van der Waals surface area contributed by atoms with Crippen molar-refractivity contribution in [1.82, 2.24) is 19.9 Å². The third-order valence-corrected chi connectivity index (χ3v) is 2.33. The third-order valence-electron chi connectivity index (χ3n) is 2.05. The topological polar surface area (TPSA) is 104 Å². The summed E-state index contributed by atoms with van der Waals surface area (Å²) >= 11 is 5.88. The standard InChI is InChI=1S/C9H10ClN5O2/c10-7-6-8(12-4-11-6)15-9(14-7)13-5(17)2-1-3-16/h4,16H,1-3H2,(H2,11,12,13,14,15,17). The number of aromatic nitrogens is 4. The summed E-state index contributed by atoms with van der Waals surface area (Å²) in [6.07, 6.45) is 2.04. The molecule has 0 fully saturated rings. The van der Waals surface area contributed by atoms with Crippen LogP contribution >= 0.6 is 11.6 Å². The lowest BCUT2D eigenvalue weighted by Crippen LogP contribution is -2.14. The molecule has 1 amide bonds. The van der Waals surface area contributed by atoms with Gasteiger partial charge in [-0.05, 0) is 6.42 Å². The van der Waals surface area contributed by atoms with Crippen LogP contribution in [0.1, 0.15) is 12.8 Å². The van der Waals surface area contributed by atoms with Gasteiger partial charge in [0.15, 0.2) is 10.8 Å². The van der Waals surface area contributed by atoms with Crippen molar-refractivity contribution in [3.05, 3.63) is 11.5 Å². The summed E-state index contributed by atoms with van der Waals surface area (Å²) in [5, 5.41) is 11.3. The van der Waals surface area contributed by atoms with Gasteiger partial charge in [0.1, 0.15) is 5.52 Å². The van der Waals surface area contributed by atoms with E-state index in [9.17, 15) is 4.79 Å². The van der Waals surface area contributed by atoms with Crippen molar-refractivity contribution in [2.45, 2.75) is 12.8 Å². The molecule has 0 aliphatic carbocycles. The maximum absolute atomic E-state index is 11.4. The largest absolute Gasteiger partial charge is 0.396 e. The van der Waals surface area contributed by atoms with Crippen LogP contribution in [0.4, 0.5) is 5.95 Å². The Morgan fingerprint density at radius 2 is 2.35 bits per heavy atom. The van der Waals surface area contributed by atoms with Crippen molar-refractivity contribution in [2.75, 3.05) is 11.9 Å². The number of imidazole rings is 1. The summed E-state index contributed by atoms with van der Waals surface area (Å²) in [6.45, 7) is -0.0343. The maximum Gasteiger partial charge on any atom is 0.233 e. The Kier molecular flexibility index (Phi) is 3.50. The number of carbonyl (C=O) groups is 1. The van der Waals surface area contributed by atoms with E-state index >= 15 is 0 Å². The van der Waals surface area contributed by atoms with Crippen LogP contribution in [0.3, 0.4) is 0 Å². The maximum atomic E-state index is 11.4. The Bertz CT molecular complexity index is 541. The molecular formula is C9H10ClN5O2. The lowest BCUT2D eigenvalue weighted by molar-refractivity contribution is -0.116. The van der Waals surface area contributed by atoms with Gasteiger partial charge in [-0.15, -0.1) is 0 Å². The molecule has 17 heavy (non-hydrogen) atoms. The Hall–Kier alpha value is -1.73. The number of halogens is 1. The number of anilines is 1. The van der Waals surface area contributed by atoms with Crippen molar-refractivity contribution in [2.24, 2.45) is 0 Å². The third kappa shape index (κ3) is 2.69. The van der Waals surface area contributed by atoms with Crippen molar-refractivity contribution in [3.63, 3.8) is 0 Å². The first-order valence-corrected chi connectivity index (χ1v) is 5.36. The van der Waals surface area contributed by atoms with Crippen LogP contribution in [0.25, 0.3) is 11.2 Å². The molecule has 0 radical (unpaired) electrons. The van der Waals surface area contributed by atoms with E-state index in [0.717, 1.165) is 0 Å². The average molecular weight is 256 g/mol. The number of nitrogens with one attached hydrogen (secondary N) is 2. The number of aromatic amines is 1. The molecule has 8 heteroatoms. The number of hydrogen-bond acceptors (Lipinski definition) is 5. The van der Waals surface area contributed by atoms with Gasteiger partial charge in [0.05, 0.1) is 6.33 Å². The summed E-state index contributed by atoms with van der Waals surface area (Å²) < 4.78 is 0. The summed E-state index contributed by atoms with van der Waals surface area (Å²) in [4.78, 5) is 26.0.